The predicted molar refractivity (Wildman–Crippen MR) is 112 cm³/mol. The van der Waals surface area contributed by atoms with Crippen LogP contribution in [0.2, 0.25) is 0 Å². The van der Waals surface area contributed by atoms with Gasteiger partial charge in [0.1, 0.15) is 0 Å². The van der Waals surface area contributed by atoms with Gasteiger partial charge in [-0.2, -0.15) is 11.8 Å². The molecule has 6 atom stereocenters. The Morgan fingerprint density at radius 1 is 1.37 bits per heavy atom. The molecule has 1 aromatic heterocycles. The number of aromatic nitrogens is 1. The third kappa shape index (κ3) is 3.36. The maximum absolute atomic E-state index is 13.1. The quantitative estimate of drug-likeness (QED) is 0.810. The second-order valence-corrected chi connectivity index (χ2v) is 11.6. The molecule has 150 valence electrons. The number of aryl methyl sites for hydroxylation is 1. The van der Waals surface area contributed by atoms with Crippen molar-refractivity contribution in [1.82, 2.24) is 9.88 Å². The van der Waals surface area contributed by atoms with Gasteiger partial charge in [0.05, 0.1) is 16.8 Å². The van der Waals surface area contributed by atoms with Crippen LogP contribution in [0.1, 0.15) is 55.1 Å². The molecule has 2 heterocycles. The summed E-state index contributed by atoms with van der Waals surface area (Å²) in [4.78, 5) is 21.3. The molecule has 0 unspecified atom stereocenters. The van der Waals surface area contributed by atoms with E-state index in [1.54, 1.807) is 0 Å². The van der Waals surface area contributed by atoms with Crippen LogP contribution in [-0.4, -0.2) is 51.6 Å². The van der Waals surface area contributed by atoms with Gasteiger partial charge in [0.2, 0.25) is 5.91 Å². The van der Waals surface area contributed by atoms with Crippen molar-refractivity contribution >= 4 is 29.0 Å². The van der Waals surface area contributed by atoms with Crippen molar-refractivity contribution in [3.63, 3.8) is 0 Å². The van der Waals surface area contributed by atoms with Gasteiger partial charge in [-0.15, -0.1) is 11.3 Å². The molecule has 4 rings (SSSR count). The number of carbonyl (C=O) groups is 1. The Balaban J connectivity index is 1.56. The van der Waals surface area contributed by atoms with E-state index >= 15 is 0 Å². The fraction of sp³-hybridized carbons (Fsp3) is 0.810. The van der Waals surface area contributed by atoms with E-state index in [1.807, 2.05) is 34.9 Å². The first-order chi connectivity index (χ1) is 12.8. The third-order valence-corrected chi connectivity index (χ3v) is 9.31. The summed E-state index contributed by atoms with van der Waals surface area (Å²) in [5.41, 5.74) is 1.32. The van der Waals surface area contributed by atoms with E-state index in [0.717, 1.165) is 48.9 Å². The number of thioether (sulfide) groups is 1. The van der Waals surface area contributed by atoms with E-state index in [-0.39, 0.29) is 35.0 Å². The van der Waals surface area contributed by atoms with Gasteiger partial charge in [0.25, 0.3) is 0 Å². The number of amides is 1. The predicted octanol–water partition coefficient (Wildman–Crippen LogP) is 3.72. The Morgan fingerprint density at radius 2 is 2.07 bits per heavy atom. The van der Waals surface area contributed by atoms with E-state index in [2.05, 4.69) is 20.8 Å². The molecular weight excluding hydrogens is 376 g/mol. The van der Waals surface area contributed by atoms with Gasteiger partial charge in [0, 0.05) is 41.3 Å². The summed E-state index contributed by atoms with van der Waals surface area (Å²) >= 11 is 3.75. The zero-order valence-corrected chi connectivity index (χ0v) is 18.5. The average Bonchev–Trinajstić information content (AvgIpc) is 3.01. The number of hydrogen-bond acceptors (Lipinski definition) is 5. The Kier molecular flexibility index (Phi) is 5.36. The Morgan fingerprint density at radius 3 is 2.78 bits per heavy atom. The fourth-order valence-electron chi connectivity index (χ4n) is 5.92. The van der Waals surface area contributed by atoms with Crippen LogP contribution in [0.5, 0.6) is 0 Å². The standard InChI is InChI=1S/C21H32N2O2S2/c1-12(20(25)23-7-9-26-10-8-23)15-5-6-21(4)11-16-18(22-14(3)27-16)13(2)17(21)19(15)24/h12-13,15,17,19,24H,5-11H2,1-4H3/t12-,13-,15-,17+,19-,21-/m0/s1. The van der Waals surface area contributed by atoms with Crippen LogP contribution in [0, 0.1) is 30.1 Å². The van der Waals surface area contributed by atoms with E-state index in [0.29, 0.717) is 0 Å². The molecule has 1 aromatic rings. The fourth-order valence-corrected chi connectivity index (χ4v) is 8.06. The number of rotatable bonds is 2. The third-order valence-electron chi connectivity index (χ3n) is 7.38. The average molecular weight is 409 g/mol. The lowest BCUT2D eigenvalue weighted by molar-refractivity contribution is -0.144. The SMILES string of the molecule is Cc1nc2c(s1)C[C@]1(C)CC[C@@H]([C@H](C)C(=O)N3CCSCC3)[C@H](O)[C@H]1[C@@H]2C. The van der Waals surface area contributed by atoms with E-state index < -0.39 is 6.10 Å². The van der Waals surface area contributed by atoms with Crippen molar-refractivity contribution in [1.29, 1.82) is 0 Å². The van der Waals surface area contributed by atoms with Crippen LogP contribution in [0.15, 0.2) is 0 Å². The monoisotopic (exact) mass is 408 g/mol. The highest BCUT2D eigenvalue weighted by molar-refractivity contribution is 7.99. The van der Waals surface area contributed by atoms with Crippen LogP contribution < -0.4 is 0 Å². The van der Waals surface area contributed by atoms with Gasteiger partial charge in [-0.3, -0.25) is 4.79 Å². The number of carbonyl (C=O) groups excluding carboxylic acids is 1. The second kappa shape index (κ2) is 7.34. The zero-order valence-electron chi connectivity index (χ0n) is 16.9. The normalized spacial score (nSPS) is 37.4. The summed E-state index contributed by atoms with van der Waals surface area (Å²) in [6.45, 7) is 10.4. The number of hydrogen-bond donors (Lipinski definition) is 1. The molecule has 1 saturated carbocycles. The molecule has 2 fully saturated rings. The first-order valence-electron chi connectivity index (χ1n) is 10.3. The minimum atomic E-state index is -0.424. The van der Waals surface area contributed by atoms with Gasteiger partial charge >= 0.3 is 0 Å². The van der Waals surface area contributed by atoms with Crippen molar-refractivity contribution in [2.24, 2.45) is 23.2 Å². The molecule has 0 radical (unpaired) electrons. The molecule has 0 aromatic carbocycles. The van der Waals surface area contributed by atoms with Gasteiger partial charge < -0.3 is 10.0 Å². The Labute approximate surface area is 171 Å². The second-order valence-electron chi connectivity index (χ2n) is 9.11. The molecule has 6 heteroatoms. The van der Waals surface area contributed by atoms with Crippen molar-refractivity contribution in [2.45, 2.75) is 59.0 Å². The lowest BCUT2D eigenvalue weighted by atomic mass is 9.53. The van der Waals surface area contributed by atoms with Gasteiger partial charge in [0.15, 0.2) is 0 Å². The molecule has 2 aliphatic carbocycles. The molecule has 3 aliphatic rings. The minimum absolute atomic E-state index is 0.0638. The summed E-state index contributed by atoms with van der Waals surface area (Å²) in [6.07, 6.45) is 2.64. The van der Waals surface area contributed by atoms with Crippen LogP contribution in [0.3, 0.4) is 0 Å². The lowest BCUT2D eigenvalue weighted by Gasteiger charge is -2.53. The molecule has 1 aliphatic heterocycles. The topological polar surface area (TPSA) is 53.4 Å². The maximum atomic E-state index is 13.1. The molecule has 1 saturated heterocycles. The highest BCUT2D eigenvalue weighted by Crippen LogP contribution is 2.57. The van der Waals surface area contributed by atoms with Crippen molar-refractivity contribution in [2.75, 3.05) is 24.6 Å². The van der Waals surface area contributed by atoms with Gasteiger partial charge in [-0.05, 0) is 43.4 Å². The van der Waals surface area contributed by atoms with E-state index in [9.17, 15) is 9.90 Å². The summed E-state index contributed by atoms with van der Waals surface area (Å²) in [5, 5.41) is 12.6. The highest BCUT2D eigenvalue weighted by atomic mass is 32.2. The van der Waals surface area contributed by atoms with Crippen molar-refractivity contribution in [3.05, 3.63) is 15.6 Å². The van der Waals surface area contributed by atoms with Crippen LogP contribution in [0.4, 0.5) is 0 Å². The number of nitrogens with zero attached hydrogens (tertiary/aromatic N) is 2. The molecule has 0 bridgehead atoms. The molecule has 4 nitrogen and oxygen atoms in total. The maximum Gasteiger partial charge on any atom is 0.225 e. The van der Waals surface area contributed by atoms with Crippen LogP contribution >= 0.6 is 23.1 Å². The zero-order chi connectivity index (χ0) is 19.3. The molecule has 1 amide bonds. The summed E-state index contributed by atoms with van der Waals surface area (Å²) < 4.78 is 0. The molecular formula is C21H32N2O2S2. The minimum Gasteiger partial charge on any atom is -0.392 e. The van der Waals surface area contributed by atoms with E-state index in [4.69, 9.17) is 4.98 Å². The Bertz CT molecular complexity index is 715. The Hall–Kier alpha value is -0.590. The highest BCUT2D eigenvalue weighted by Gasteiger charge is 2.54. The largest absolute Gasteiger partial charge is 0.392 e. The summed E-state index contributed by atoms with van der Waals surface area (Å²) in [7, 11) is 0. The smallest absolute Gasteiger partial charge is 0.225 e. The van der Waals surface area contributed by atoms with Crippen LogP contribution in [-0.2, 0) is 11.2 Å². The summed E-state index contributed by atoms with van der Waals surface area (Å²) in [5.74, 6) is 2.74. The number of thiazole rings is 1. The van der Waals surface area contributed by atoms with Gasteiger partial charge in [-0.1, -0.05) is 20.8 Å². The molecule has 27 heavy (non-hydrogen) atoms. The molecule has 0 spiro atoms. The van der Waals surface area contributed by atoms with Crippen molar-refractivity contribution in [3.8, 4) is 0 Å². The van der Waals surface area contributed by atoms with Crippen molar-refractivity contribution < 1.29 is 9.90 Å². The lowest BCUT2D eigenvalue weighted by Crippen LogP contribution is -2.54. The summed E-state index contributed by atoms with van der Waals surface area (Å²) in [6, 6.07) is 0. The molecule has 1 N–H and O–H groups in total. The van der Waals surface area contributed by atoms with Crippen LogP contribution in [0.25, 0.3) is 0 Å². The van der Waals surface area contributed by atoms with Gasteiger partial charge in [-0.25, -0.2) is 4.98 Å². The first kappa shape index (κ1) is 19.7. The number of aliphatic hydroxyl groups is 1. The van der Waals surface area contributed by atoms with E-state index in [1.165, 1.54) is 10.6 Å². The number of fused-ring (bicyclic) bond motifs is 2. The number of aliphatic hydroxyl groups excluding tert-OH is 1. The first-order valence-corrected chi connectivity index (χ1v) is 12.3.